The fourth-order valence-corrected chi connectivity index (χ4v) is 3.74. The van der Waals surface area contributed by atoms with Crippen molar-refractivity contribution in [1.82, 2.24) is 0 Å². The number of esters is 2. The van der Waals surface area contributed by atoms with E-state index in [1.165, 1.54) is 13.8 Å². The Balaban J connectivity index is 2.89. The number of ether oxygens (including phenoxy) is 2. The van der Waals surface area contributed by atoms with Crippen molar-refractivity contribution in [1.29, 1.82) is 0 Å². The van der Waals surface area contributed by atoms with Crippen LogP contribution in [0.1, 0.15) is 41.0 Å². The Labute approximate surface area is 140 Å². The minimum Gasteiger partial charge on any atom is -0.465 e. The molecule has 0 aliphatic heterocycles. The highest BCUT2D eigenvalue weighted by Crippen LogP contribution is 2.42. The first kappa shape index (κ1) is 19.9. The van der Waals surface area contributed by atoms with Crippen LogP contribution in [0.3, 0.4) is 0 Å². The van der Waals surface area contributed by atoms with E-state index in [1.807, 2.05) is 0 Å². The summed E-state index contributed by atoms with van der Waals surface area (Å²) in [5, 5.41) is 0.0815. The summed E-state index contributed by atoms with van der Waals surface area (Å²) in [7, 11) is -1.96. The van der Waals surface area contributed by atoms with Crippen LogP contribution in [0.25, 0.3) is 0 Å². The Bertz CT molecular complexity index is 478. The zero-order valence-electron chi connectivity index (χ0n) is 15.4. The van der Waals surface area contributed by atoms with Crippen molar-refractivity contribution >= 4 is 20.3 Å². The Morgan fingerprint density at radius 1 is 1.22 bits per heavy atom. The second kappa shape index (κ2) is 7.17. The molecule has 23 heavy (non-hydrogen) atoms. The van der Waals surface area contributed by atoms with E-state index in [0.29, 0.717) is 6.42 Å². The van der Waals surface area contributed by atoms with Gasteiger partial charge < -0.3 is 13.9 Å². The topological polar surface area (TPSA) is 61.8 Å². The van der Waals surface area contributed by atoms with Crippen LogP contribution in [0.2, 0.25) is 18.1 Å². The average molecular weight is 343 g/mol. The van der Waals surface area contributed by atoms with Crippen LogP contribution in [0.15, 0.2) is 12.2 Å². The van der Waals surface area contributed by atoms with Crippen LogP contribution in [0, 0.1) is 5.92 Å². The largest absolute Gasteiger partial charge is 0.465 e. The molecule has 0 bridgehead atoms. The van der Waals surface area contributed by atoms with Crippen LogP contribution in [-0.4, -0.2) is 39.1 Å². The minimum absolute atomic E-state index is 0.0815. The molecule has 0 unspecified atom stereocenters. The molecule has 0 N–H and O–H groups in total. The number of rotatable bonds is 5. The zero-order chi connectivity index (χ0) is 18.0. The van der Waals surface area contributed by atoms with Crippen LogP contribution >= 0.6 is 0 Å². The summed E-state index contributed by atoms with van der Waals surface area (Å²) in [6, 6.07) is 0. The van der Waals surface area contributed by atoms with Gasteiger partial charge in [-0.05, 0) is 23.7 Å². The second-order valence-corrected chi connectivity index (χ2v) is 12.5. The molecule has 132 valence electrons. The lowest BCUT2D eigenvalue weighted by Crippen LogP contribution is -2.43. The molecule has 3 atom stereocenters. The molecule has 0 spiro atoms. The standard InChI is InChI=1S/C17H30O5Si/c1-11-14(10-20-12(2)18)16(21-13(3)19)9-15(11)22-23(7,8)17(4,5)6/h14-16H,1,9-10H2,2-8H3/t14-,15+,16-/m0/s1. The van der Waals surface area contributed by atoms with E-state index in [-0.39, 0.29) is 41.7 Å². The third kappa shape index (κ3) is 5.17. The highest BCUT2D eigenvalue weighted by Gasteiger charge is 2.46. The highest BCUT2D eigenvalue weighted by molar-refractivity contribution is 6.74. The normalized spacial score (nSPS) is 25.3. The molecule has 6 heteroatoms. The summed E-state index contributed by atoms with van der Waals surface area (Å²) in [6.45, 7) is 17.9. The van der Waals surface area contributed by atoms with Crippen molar-refractivity contribution < 1.29 is 23.5 Å². The fraction of sp³-hybridized carbons (Fsp3) is 0.765. The zero-order valence-corrected chi connectivity index (χ0v) is 16.4. The molecule has 1 aliphatic rings. The lowest BCUT2D eigenvalue weighted by molar-refractivity contribution is -0.150. The van der Waals surface area contributed by atoms with Gasteiger partial charge in [-0.25, -0.2) is 0 Å². The van der Waals surface area contributed by atoms with Crippen molar-refractivity contribution in [2.45, 2.75) is 71.4 Å². The van der Waals surface area contributed by atoms with Gasteiger partial charge in [0.1, 0.15) is 12.7 Å². The minimum atomic E-state index is -1.96. The molecule has 1 aliphatic carbocycles. The van der Waals surface area contributed by atoms with Gasteiger partial charge in [-0.1, -0.05) is 27.4 Å². The fourth-order valence-electron chi connectivity index (χ4n) is 2.43. The average Bonchev–Trinajstić information content (AvgIpc) is 2.60. The van der Waals surface area contributed by atoms with Gasteiger partial charge in [-0.15, -0.1) is 0 Å². The first-order valence-corrected chi connectivity index (χ1v) is 10.9. The maximum Gasteiger partial charge on any atom is 0.302 e. The molecule has 0 aromatic heterocycles. The number of carbonyl (C=O) groups excluding carboxylic acids is 2. The van der Waals surface area contributed by atoms with Crippen molar-refractivity contribution in [3.8, 4) is 0 Å². The molecular weight excluding hydrogens is 312 g/mol. The third-order valence-electron chi connectivity index (χ3n) is 4.81. The van der Waals surface area contributed by atoms with Gasteiger partial charge in [-0.2, -0.15) is 0 Å². The molecular formula is C17H30O5Si. The Kier molecular flexibility index (Phi) is 6.21. The van der Waals surface area contributed by atoms with Gasteiger partial charge in [0.2, 0.25) is 0 Å². The van der Waals surface area contributed by atoms with Gasteiger partial charge in [-0.3, -0.25) is 9.59 Å². The van der Waals surface area contributed by atoms with Gasteiger partial charge >= 0.3 is 11.9 Å². The monoisotopic (exact) mass is 342 g/mol. The van der Waals surface area contributed by atoms with Crippen molar-refractivity contribution in [2.24, 2.45) is 5.92 Å². The Morgan fingerprint density at radius 3 is 2.22 bits per heavy atom. The predicted molar refractivity (Wildman–Crippen MR) is 91.5 cm³/mol. The Hall–Kier alpha value is -1.14. The van der Waals surface area contributed by atoms with Crippen molar-refractivity contribution in [2.75, 3.05) is 6.61 Å². The van der Waals surface area contributed by atoms with Crippen molar-refractivity contribution in [3.05, 3.63) is 12.2 Å². The number of hydrogen-bond acceptors (Lipinski definition) is 5. The van der Waals surface area contributed by atoms with E-state index in [9.17, 15) is 9.59 Å². The van der Waals surface area contributed by atoms with Crippen LogP contribution in [0.4, 0.5) is 0 Å². The van der Waals surface area contributed by atoms with Crippen LogP contribution in [0.5, 0.6) is 0 Å². The van der Waals surface area contributed by atoms with E-state index in [1.54, 1.807) is 0 Å². The maximum atomic E-state index is 11.3. The molecule has 0 radical (unpaired) electrons. The van der Waals surface area contributed by atoms with E-state index in [2.05, 4.69) is 40.4 Å². The predicted octanol–water partition coefficient (Wildman–Crippen LogP) is 3.45. The summed E-state index contributed by atoms with van der Waals surface area (Å²) in [5.74, 6) is -0.908. The van der Waals surface area contributed by atoms with E-state index >= 15 is 0 Å². The molecule has 1 saturated carbocycles. The first-order valence-electron chi connectivity index (χ1n) is 8.02. The SMILES string of the molecule is C=C1[C@H](O[Si](C)(C)C(C)(C)C)C[C@H](OC(C)=O)[C@H]1COC(C)=O. The van der Waals surface area contributed by atoms with E-state index in [4.69, 9.17) is 13.9 Å². The number of hydrogen-bond donors (Lipinski definition) is 0. The van der Waals surface area contributed by atoms with Gasteiger partial charge in [0.05, 0.1) is 12.0 Å². The molecule has 1 fully saturated rings. The number of carbonyl (C=O) groups is 2. The third-order valence-corrected chi connectivity index (χ3v) is 9.30. The van der Waals surface area contributed by atoms with Gasteiger partial charge in [0.25, 0.3) is 0 Å². The molecule has 1 rings (SSSR count). The van der Waals surface area contributed by atoms with Crippen LogP contribution < -0.4 is 0 Å². The second-order valence-electron chi connectivity index (χ2n) is 7.73. The smallest absolute Gasteiger partial charge is 0.302 e. The molecule has 0 saturated heterocycles. The summed E-state index contributed by atoms with van der Waals surface area (Å²) < 4.78 is 17.0. The Morgan fingerprint density at radius 2 is 1.78 bits per heavy atom. The molecule has 0 heterocycles. The summed E-state index contributed by atoms with van der Waals surface area (Å²) in [4.78, 5) is 22.4. The molecule has 0 amide bonds. The maximum absolute atomic E-state index is 11.3. The van der Waals surface area contributed by atoms with Gasteiger partial charge in [0.15, 0.2) is 8.32 Å². The highest BCUT2D eigenvalue weighted by atomic mass is 28.4. The molecule has 0 aromatic rings. The van der Waals surface area contributed by atoms with E-state index < -0.39 is 8.32 Å². The first-order chi connectivity index (χ1) is 10.3. The quantitative estimate of drug-likeness (QED) is 0.435. The van der Waals surface area contributed by atoms with Crippen LogP contribution in [-0.2, 0) is 23.5 Å². The van der Waals surface area contributed by atoms with Crippen molar-refractivity contribution in [3.63, 3.8) is 0 Å². The summed E-state index contributed by atoms with van der Waals surface area (Å²) in [6.07, 6.45) is 0.0477. The summed E-state index contributed by atoms with van der Waals surface area (Å²) in [5.41, 5.74) is 0.849. The van der Waals surface area contributed by atoms with Gasteiger partial charge in [0, 0.05) is 20.3 Å². The van der Waals surface area contributed by atoms with E-state index in [0.717, 1.165) is 5.57 Å². The lowest BCUT2D eigenvalue weighted by atomic mass is 10.0. The lowest BCUT2D eigenvalue weighted by Gasteiger charge is -2.38. The summed E-state index contributed by atoms with van der Waals surface area (Å²) >= 11 is 0. The molecule has 0 aromatic carbocycles. The molecule has 5 nitrogen and oxygen atoms in total.